The van der Waals surface area contributed by atoms with Gasteiger partial charge in [0.15, 0.2) is 5.01 Å². The number of carbonyl (C=O) groups excluding carboxylic acids is 1. The third kappa shape index (κ3) is 2.54. The first kappa shape index (κ1) is 11.2. The SMILES string of the molecule is CCCCc1nc(C(N)=O)sc1CC. The molecule has 0 bridgehead atoms. The molecule has 1 amide bonds. The van der Waals surface area contributed by atoms with E-state index in [4.69, 9.17) is 5.73 Å². The smallest absolute Gasteiger partial charge is 0.277 e. The van der Waals surface area contributed by atoms with Crippen LogP contribution in [0, 0.1) is 0 Å². The van der Waals surface area contributed by atoms with Crippen molar-refractivity contribution in [1.29, 1.82) is 0 Å². The minimum absolute atomic E-state index is 0.410. The van der Waals surface area contributed by atoms with Crippen molar-refractivity contribution in [3.63, 3.8) is 0 Å². The van der Waals surface area contributed by atoms with E-state index >= 15 is 0 Å². The van der Waals surface area contributed by atoms with Crippen LogP contribution in [0.15, 0.2) is 0 Å². The van der Waals surface area contributed by atoms with Crippen LogP contribution in [-0.4, -0.2) is 10.9 Å². The van der Waals surface area contributed by atoms with Gasteiger partial charge >= 0.3 is 0 Å². The van der Waals surface area contributed by atoms with Crippen molar-refractivity contribution in [3.8, 4) is 0 Å². The van der Waals surface area contributed by atoms with Gasteiger partial charge in [0.2, 0.25) is 0 Å². The standard InChI is InChI=1S/C10H16N2OS/c1-3-5-6-7-8(4-2)14-10(12-7)9(11)13/h3-6H2,1-2H3,(H2,11,13). The van der Waals surface area contributed by atoms with Crippen LogP contribution in [0.1, 0.15) is 47.1 Å². The molecule has 3 nitrogen and oxygen atoms in total. The van der Waals surface area contributed by atoms with Gasteiger partial charge < -0.3 is 5.73 Å². The van der Waals surface area contributed by atoms with Crippen molar-refractivity contribution in [2.24, 2.45) is 5.73 Å². The zero-order valence-corrected chi connectivity index (χ0v) is 9.49. The van der Waals surface area contributed by atoms with Crippen molar-refractivity contribution in [2.45, 2.75) is 39.5 Å². The van der Waals surface area contributed by atoms with E-state index < -0.39 is 5.91 Å². The van der Waals surface area contributed by atoms with Crippen LogP contribution in [0.3, 0.4) is 0 Å². The lowest BCUT2D eigenvalue weighted by Gasteiger charge is -1.96. The Hall–Kier alpha value is -0.900. The molecule has 1 aromatic heterocycles. The lowest BCUT2D eigenvalue weighted by atomic mass is 10.2. The number of thiazole rings is 1. The summed E-state index contributed by atoms with van der Waals surface area (Å²) in [6.45, 7) is 4.22. The third-order valence-electron chi connectivity index (χ3n) is 2.08. The summed E-state index contributed by atoms with van der Waals surface area (Å²) >= 11 is 1.43. The molecule has 0 aromatic carbocycles. The second-order valence-corrected chi connectivity index (χ2v) is 4.29. The van der Waals surface area contributed by atoms with Gasteiger partial charge in [-0.1, -0.05) is 20.3 Å². The zero-order chi connectivity index (χ0) is 10.6. The van der Waals surface area contributed by atoms with Crippen LogP contribution < -0.4 is 5.73 Å². The number of nitrogens with two attached hydrogens (primary N) is 1. The van der Waals surface area contributed by atoms with E-state index in [9.17, 15) is 4.79 Å². The maximum Gasteiger partial charge on any atom is 0.277 e. The van der Waals surface area contributed by atoms with Crippen molar-refractivity contribution in [3.05, 3.63) is 15.6 Å². The molecule has 1 heterocycles. The molecule has 14 heavy (non-hydrogen) atoms. The Morgan fingerprint density at radius 2 is 2.21 bits per heavy atom. The van der Waals surface area contributed by atoms with Crippen LogP contribution in [0.4, 0.5) is 0 Å². The lowest BCUT2D eigenvalue weighted by Crippen LogP contribution is -2.10. The van der Waals surface area contributed by atoms with Gasteiger partial charge in [0, 0.05) is 4.88 Å². The lowest BCUT2D eigenvalue weighted by molar-refractivity contribution is 0.1000. The number of amides is 1. The molecule has 0 aliphatic heterocycles. The first-order chi connectivity index (χ1) is 6.69. The van der Waals surface area contributed by atoms with Gasteiger partial charge in [0.1, 0.15) is 0 Å². The molecule has 0 unspecified atom stereocenters. The van der Waals surface area contributed by atoms with E-state index in [1.54, 1.807) is 0 Å². The van der Waals surface area contributed by atoms with E-state index in [-0.39, 0.29) is 0 Å². The molecule has 1 aromatic rings. The molecular weight excluding hydrogens is 196 g/mol. The number of hydrogen-bond donors (Lipinski definition) is 1. The molecule has 0 fully saturated rings. The highest BCUT2D eigenvalue weighted by atomic mass is 32.1. The summed E-state index contributed by atoms with van der Waals surface area (Å²) in [7, 11) is 0. The molecule has 2 N–H and O–H groups in total. The third-order valence-corrected chi connectivity index (χ3v) is 3.33. The second kappa shape index (κ2) is 5.10. The van der Waals surface area contributed by atoms with E-state index in [0.717, 1.165) is 31.4 Å². The summed E-state index contributed by atoms with van der Waals surface area (Å²) in [6, 6.07) is 0. The van der Waals surface area contributed by atoms with Gasteiger partial charge in [-0.05, 0) is 19.3 Å². The fourth-order valence-electron chi connectivity index (χ4n) is 1.30. The van der Waals surface area contributed by atoms with Crippen LogP contribution >= 0.6 is 11.3 Å². The number of unbranched alkanes of at least 4 members (excludes halogenated alkanes) is 1. The van der Waals surface area contributed by atoms with E-state index in [0.29, 0.717) is 5.01 Å². The van der Waals surface area contributed by atoms with Gasteiger partial charge in [0.25, 0.3) is 5.91 Å². The van der Waals surface area contributed by atoms with Crippen LogP contribution in [0.5, 0.6) is 0 Å². The van der Waals surface area contributed by atoms with Crippen LogP contribution in [-0.2, 0) is 12.8 Å². The van der Waals surface area contributed by atoms with E-state index in [2.05, 4.69) is 18.8 Å². The summed E-state index contributed by atoms with van der Waals surface area (Å²) < 4.78 is 0. The average Bonchev–Trinajstić information content (AvgIpc) is 2.57. The van der Waals surface area contributed by atoms with Gasteiger partial charge in [-0.2, -0.15) is 0 Å². The Morgan fingerprint density at radius 1 is 1.50 bits per heavy atom. The highest BCUT2D eigenvalue weighted by Gasteiger charge is 2.12. The average molecular weight is 212 g/mol. The van der Waals surface area contributed by atoms with Crippen molar-refractivity contribution in [2.75, 3.05) is 0 Å². The maximum absolute atomic E-state index is 10.9. The molecule has 1 rings (SSSR count). The minimum Gasteiger partial charge on any atom is -0.364 e. The first-order valence-electron chi connectivity index (χ1n) is 4.97. The molecule has 0 aliphatic rings. The summed E-state index contributed by atoms with van der Waals surface area (Å²) in [4.78, 5) is 16.4. The van der Waals surface area contributed by atoms with Crippen molar-refractivity contribution >= 4 is 17.2 Å². The predicted octanol–water partition coefficient (Wildman–Crippen LogP) is 2.15. The monoisotopic (exact) mass is 212 g/mol. The maximum atomic E-state index is 10.9. The van der Waals surface area contributed by atoms with Crippen molar-refractivity contribution in [1.82, 2.24) is 4.98 Å². The Labute approximate surface area is 88.3 Å². The summed E-state index contributed by atoms with van der Waals surface area (Å²) in [6.07, 6.45) is 4.16. The van der Waals surface area contributed by atoms with Crippen LogP contribution in [0.25, 0.3) is 0 Å². The Kier molecular flexibility index (Phi) is 4.07. The molecule has 78 valence electrons. The quantitative estimate of drug-likeness (QED) is 0.813. The molecule has 0 saturated heterocycles. The largest absolute Gasteiger partial charge is 0.364 e. The predicted molar refractivity (Wildman–Crippen MR) is 58.6 cm³/mol. The van der Waals surface area contributed by atoms with E-state index in [1.807, 2.05) is 0 Å². The Bertz CT molecular complexity index is 320. The van der Waals surface area contributed by atoms with Crippen LogP contribution in [0.2, 0.25) is 0 Å². The summed E-state index contributed by atoms with van der Waals surface area (Å²) in [5, 5.41) is 0.452. The van der Waals surface area contributed by atoms with Gasteiger partial charge in [0.05, 0.1) is 5.69 Å². The number of nitrogens with zero attached hydrogens (tertiary/aromatic N) is 1. The molecule has 0 spiro atoms. The number of aromatic nitrogens is 1. The minimum atomic E-state index is -0.410. The number of primary amides is 1. The fourth-order valence-corrected chi connectivity index (χ4v) is 2.20. The second-order valence-electron chi connectivity index (χ2n) is 3.21. The number of carbonyl (C=O) groups is 1. The highest BCUT2D eigenvalue weighted by Crippen LogP contribution is 2.20. The topological polar surface area (TPSA) is 56.0 Å². The number of hydrogen-bond acceptors (Lipinski definition) is 3. The zero-order valence-electron chi connectivity index (χ0n) is 8.67. The molecular formula is C10H16N2OS. The Morgan fingerprint density at radius 3 is 2.71 bits per heavy atom. The number of rotatable bonds is 5. The van der Waals surface area contributed by atoms with Gasteiger partial charge in [-0.15, -0.1) is 11.3 Å². The van der Waals surface area contributed by atoms with E-state index in [1.165, 1.54) is 16.2 Å². The molecule has 0 saturated carbocycles. The normalized spacial score (nSPS) is 10.4. The molecule has 0 atom stereocenters. The summed E-state index contributed by atoms with van der Waals surface area (Å²) in [5.74, 6) is -0.410. The van der Waals surface area contributed by atoms with Gasteiger partial charge in [-0.3, -0.25) is 4.79 Å². The fraction of sp³-hybridized carbons (Fsp3) is 0.600. The van der Waals surface area contributed by atoms with Gasteiger partial charge in [-0.25, -0.2) is 4.98 Å². The molecule has 0 aliphatic carbocycles. The Balaban J connectivity index is 2.85. The highest BCUT2D eigenvalue weighted by molar-refractivity contribution is 7.13. The first-order valence-corrected chi connectivity index (χ1v) is 5.79. The summed E-state index contributed by atoms with van der Waals surface area (Å²) in [5.41, 5.74) is 6.25. The molecule has 0 radical (unpaired) electrons. The van der Waals surface area contributed by atoms with Crippen molar-refractivity contribution < 1.29 is 4.79 Å². The molecule has 4 heteroatoms. The number of aryl methyl sites for hydroxylation is 2.